The van der Waals surface area contributed by atoms with Crippen LogP contribution in [0.25, 0.3) is 0 Å². The summed E-state index contributed by atoms with van der Waals surface area (Å²) in [5.74, 6) is -0.577. The molecule has 0 bridgehead atoms. The lowest BCUT2D eigenvalue weighted by Gasteiger charge is -2.01. The summed E-state index contributed by atoms with van der Waals surface area (Å²) in [7, 11) is 0. The van der Waals surface area contributed by atoms with Gasteiger partial charge in [-0.15, -0.1) is 0 Å². The Balaban J connectivity index is 3.58. The van der Waals surface area contributed by atoms with Gasteiger partial charge in [0, 0.05) is 5.75 Å². The number of hydrogen-bond donors (Lipinski definition) is 2. The summed E-state index contributed by atoms with van der Waals surface area (Å²) in [6.45, 7) is 0.0473. The van der Waals surface area contributed by atoms with Crippen LogP contribution in [0.15, 0.2) is 0 Å². The van der Waals surface area contributed by atoms with Crippen molar-refractivity contribution in [2.45, 2.75) is 6.04 Å². The van der Waals surface area contributed by atoms with Crippen molar-refractivity contribution in [3.05, 3.63) is 0 Å². The van der Waals surface area contributed by atoms with Crippen molar-refractivity contribution in [2.24, 2.45) is 5.73 Å². The molecule has 0 amide bonds. The van der Waals surface area contributed by atoms with E-state index < -0.39 is 12.0 Å². The van der Waals surface area contributed by atoms with Gasteiger partial charge in [-0.2, -0.15) is 12.6 Å². The second-order valence-corrected chi connectivity index (χ2v) is 1.69. The molecule has 0 aromatic carbocycles. The second kappa shape index (κ2) is 4.34. The molecule has 0 spiro atoms. The first-order valence-corrected chi connectivity index (χ1v) is 2.86. The first kappa shape index (κ1) is 8.45. The van der Waals surface area contributed by atoms with Crippen molar-refractivity contribution in [3.63, 3.8) is 0 Å². The molecule has 0 aromatic rings. The Bertz CT molecular complexity index is 116. The number of esters is 1. The smallest absolute Gasteiger partial charge is 0.331 e. The molecule has 5 heteroatoms. The van der Waals surface area contributed by atoms with Crippen molar-refractivity contribution in [2.75, 3.05) is 5.75 Å². The van der Waals surface area contributed by atoms with Crippen LogP contribution >= 0.6 is 12.6 Å². The van der Waals surface area contributed by atoms with Crippen molar-refractivity contribution < 1.29 is 14.3 Å². The maximum Gasteiger partial charge on any atom is 0.331 e. The molecule has 1 atom stereocenters. The van der Waals surface area contributed by atoms with E-state index in [2.05, 4.69) is 17.4 Å². The third kappa shape index (κ3) is 3.10. The Kier molecular flexibility index (Phi) is 4.08. The molecule has 0 unspecified atom stereocenters. The maximum atomic E-state index is 10.3. The Morgan fingerprint density at radius 1 is 1.89 bits per heavy atom. The number of rotatable bonds is 3. The lowest BCUT2D eigenvalue weighted by atomic mass is 10.4. The van der Waals surface area contributed by atoms with Crippen molar-refractivity contribution >= 4 is 25.1 Å². The van der Waals surface area contributed by atoms with Gasteiger partial charge in [-0.25, -0.2) is 4.79 Å². The van der Waals surface area contributed by atoms with E-state index in [1.807, 2.05) is 0 Å². The van der Waals surface area contributed by atoms with Crippen LogP contribution in [0.2, 0.25) is 0 Å². The monoisotopic (exact) mass is 149 g/mol. The van der Waals surface area contributed by atoms with E-state index in [1.165, 1.54) is 0 Å². The van der Waals surface area contributed by atoms with Gasteiger partial charge in [-0.05, 0) is 0 Å². The maximum absolute atomic E-state index is 10.3. The zero-order chi connectivity index (χ0) is 7.28. The van der Waals surface area contributed by atoms with Gasteiger partial charge in [0.2, 0.25) is 0 Å². The van der Waals surface area contributed by atoms with E-state index >= 15 is 0 Å². The highest BCUT2D eigenvalue weighted by Crippen LogP contribution is 1.85. The van der Waals surface area contributed by atoms with Gasteiger partial charge in [0.15, 0.2) is 0 Å². The first-order chi connectivity index (χ1) is 4.22. The predicted molar refractivity (Wildman–Crippen MR) is 34.0 cm³/mol. The number of nitrogens with two attached hydrogens (primary N) is 1. The zero-order valence-corrected chi connectivity index (χ0v) is 5.51. The number of hydrogen-bond acceptors (Lipinski definition) is 5. The SMILES string of the molecule is N[C@@H](CS)C(=O)OC=O. The Morgan fingerprint density at radius 2 is 2.44 bits per heavy atom. The fraction of sp³-hybridized carbons (Fsp3) is 0.500. The molecule has 0 rings (SSSR count). The largest absolute Gasteiger partial charge is 0.394 e. The number of ether oxygens (including phenoxy) is 1. The Hall–Kier alpha value is -0.550. The number of carbonyl (C=O) groups is 2. The quantitative estimate of drug-likeness (QED) is 0.232. The number of carbonyl (C=O) groups excluding carboxylic acids is 2. The zero-order valence-electron chi connectivity index (χ0n) is 4.61. The summed E-state index contributed by atoms with van der Waals surface area (Å²) in [6.07, 6.45) is 0. The summed E-state index contributed by atoms with van der Waals surface area (Å²) >= 11 is 3.71. The fourth-order valence-electron chi connectivity index (χ4n) is 0.209. The molecule has 0 fully saturated rings. The molecule has 4 nitrogen and oxygen atoms in total. The highest BCUT2D eigenvalue weighted by Gasteiger charge is 2.11. The Labute approximate surface area is 57.8 Å². The van der Waals surface area contributed by atoms with Gasteiger partial charge < -0.3 is 10.5 Å². The molecule has 0 saturated heterocycles. The van der Waals surface area contributed by atoms with Gasteiger partial charge in [-0.3, -0.25) is 4.79 Å². The molecule has 2 N–H and O–H groups in total. The van der Waals surface area contributed by atoms with Crippen molar-refractivity contribution in [1.29, 1.82) is 0 Å². The summed E-state index contributed by atoms with van der Waals surface area (Å²) in [4.78, 5) is 19.9. The third-order valence-corrected chi connectivity index (χ3v) is 1.06. The van der Waals surface area contributed by atoms with Crippen LogP contribution in [-0.2, 0) is 14.3 Å². The van der Waals surface area contributed by atoms with Crippen molar-refractivity contribution in [1.82, 2.24) is 0 Å². The standard InChI is InChI=1S/C4H7NO3S/c5-3(1-9)4(7)8-2-6/h2-3,9H,1,5H2/t3-/m0/s1. The van der Waals surface area contributed by atoms with E-state index in [4.69, 9.17) is 5.73 Å². The van der Waals surface area contributed by atoms with Crippen LogP contribution in [0, 0.1) is 0 Å². The minimum atomic E-state index is -0.807. The topological polar surface area (TPSA) is 69.4 Å². The Morgan fingerprint density at radius 3 is 2.78 bits per heavy atom. The minimum Gasteiger partial charge on any atom is -0.394 e. The third-order valence-electron chi connectivity index (χ3n) is 0.664. The molecule has 0 aromatic heterocycles. The lowest BCUT2D eigenvalue weighted by molar-refractivity contribution is -0.152. The van der Waals surface area contributed by atoms with E-state index in [-0.39, 0.29) is 12.2 Å². The van der Waals surface area contributed by atoms with Gasteiger partial charge in [0.05, 0.1) is 0 Å². The highest BCUT2D eigenvalue weighted by molar-refractivity contribution is 7.80. The van der Waals surface area contributed by atoms with Gasteiger partial charge in [0.1, 0.15) is 6.04 Å². The van der Waals surface area contributed by atoms with Gasteiger partial charge >= 0.3 is 12.4 Å². The molecule has 0 aliphatic carbocycles. The second-order valence-electron chi connectivity index (χ2n) is 1.32. The average Bonchev–Trinajstić information content (AvgIpc) is 1.87. The normalized spacial score (nSPS) is 12.2. The molecule has 0 radical (unpaired) electrons. The summed E-state index contributed by atoms with van der Waals surface area (Å²) in [6, 6.07) is -0.807. The van der Waals surface area contributed by atoms with E-state index in [9.17, 15) is 9.59 Å². The molecule has 0 aliphatic rings. The summed E-state index contributed by atoms with van der Waals surface area (Å²) in [5, 5.41) is 0. The van der Waals surface area contributed by atoms with E-state index in [1.54, 1.807) is 0 Å². The van der Waals surface area contributed by atoms with Crippen LogP contribution in [0.3, 0.4) is 0 Å². The molecule has 0 saturated carbocycles. The molecule has 0 aliphatic heterocycles. The van der Waals surface area contributed by atoms with Crippen LogP contribution < -0.4 is 5.73 Å². The van der Waals surface area contributed by atoms with E-state index in [0.717, 1.165) is 0 Å². The highest BCUT2D eigenvalue weighted by atomic mass is 32.1. The summed E-state index contributed by atoms with van der Waals surface area (Å²) in [5.41, 5.74) is 5.09. The van der Waals surface area contributed by atoms with Crippen LogP contribution in [-0.4, -0.2) is 24.2 Å². The van der Waals surface area contributed by atoms with Crippen LogP contribution in [0.5, 0.6) is 0 Å². The molecular formula is C4H7NO3S. The van der Waals surface area contributed by atoms with Crippen LogP contribution in [0.4, 0.5) is 0 Å². The predicted octanol–water partition coefficient (Wildman–Crippen LogP) is -1.06. The van der Waals surface area contributed by atoms with Crippen molar-refractivity contribution in [3.8, 4) is 0 Å². The first-order valence-electron chi connectivity index (χ1n) is 2.23. The average molecular weight is 149 g/mol. The minimum absolute atomic E-state index is 0.0473. The van der Waals surface area contributed by atoms with E-state index in [0.29, 0.717) is 0 Å². The molecular weight excluding hydrogens is 142 g/mol. The van der Waals surface area contributed by atoms with Crippen LogP contribution in [0.1, 0.15) is 0 Å². The fourth-order valence-corrected chi connectivity index (χ4v) is 0.358. The van der Waals surface area contributed by atoms with Gasteiger partial charge in [-0.1, -0.05) is 0 Å². The van der Waals surface area contributed by atoms with Gasteiger partial charge in [0.25, 0.3) is 0 Å². The lowest BCUT2D eigenvalue weighted by Crippen LogP contribution is -2.33. The molecule has 0 heterocycles. The molecule has 9 heavy (non-hydrogen) atoms. The summed E-state index contributed by atoms with van der Waals surface area (Å²) < 4.78 is 3.90. The number of thiol groups is 1. The molecule has 52 valence electrons.